The van der Waals surface area contributed by atoms with E-state index < -0.39 is 0 Å². The van der Waals surface area contributed by atoms with Crippen LogP contribution in [0.15, 0.2) is 60.7 Å². The second kappa shape index (κ2) is 6.69. The first-order chi connectivity index (χ1) is 13.5. The van der Waals surface area contributed by atoms with Crippen molar-refractivity contribution in [2.75, 3.05) is 0 Å². The molecule has 4 fully saturated rings. The Kier molecular flexibility index (Phi) is 4.26. The zero-order valence-electron chi connectivity index (χ0n) is 16.4. The van der Waals surface area contributed by atoms with Crippen molar-refractivity contribution in [1.82, 2.24) is 0 Å². The topological polar surface area (TPSA) is 34.1 Å². The highest BCUT2D eigenvalue weighted by molar-refractivity contribution is 5.97. The fourth-order valence-corrected chi connectivity index (χ4v) is 7.20. The van der Waals surface area contributed by atoms with Gasteiger partial charge in [0.1, 0.15) is 0 Å². The fraction of sp³-hybridized carbons (Fsp3) is 0.462. The van der Waals surface area contributed by atoms with Crippen LogP contribution in [0.4, 0.5) is 0 Å². The van der Waals surface area contributed by atoms with E-state index in [9.17, 15) is 9.59 Å². The van der Waals surface area contributed by atoms with Gasteiger partial charge < -0.3 is 0 Å². The molecule has 2 nitrogen and oxygen atoms in total. The second-order valence-corrected chi connectivity index (χ2v) is 9.89. The van der Waals surface area contributed by atoms with Crippen molar-refractivity contribution >= 4 is 11.6 Å². The zero-order valence-corrected chi connectivity index (χ0v) is 16.4. The molecule has 0 spiro atoms. The van der Waals surface area contributed by atoms with E-state index in [0.717, 1.165) is 17.5 Å². The van der Waals surface area contributed by atoms with Crippen LogP contribution in [-0.2, 0) is 0 Å². The Morgan fingerprint density at radius 3 is 1.46 bits per heavy atom. The van der Waals surface area contributed by atoms with E-state index in [4.69, 9.17) is 0 Å². The Labute approximate surface area is 167 Å². The Bertz CT molecular complexity index is 798. The maximum Gasteiger partial charge on any atom is 0.163 e. The molecule has 0 radical (unpaired) electrons. The quantitative estimate of drug-likeness (QED) is 0.573. The van der Waals surface area contributed by atoms with Crippen molar-refractivity contribution in [3.05, 3.63) is 71.8 Å². The molecule has 0 atom stereocenters. The number of carbonyl (C=O) groups excluding carboxylic acids is 2. The average Bonchev–Trinajstić information content (AvgIpc) is 2.67. The third kappa shape index (κ3) is 3.23. The molecule has 6 rings (SSSR count). The van der Waals surface area contributed by atoms with E-state index in [1.807, 2.05) is 60.7 Å². The lowest BCUT2D eigenvalue weighted by atomic mass is 9.42. The summed E-state index contributed by atoms with van der Waals surface area (Å²) in [6.45, 7) is 0. The molecule has 4 bridgehead atoms. The summed E-state index contributed by atoms with van der Waals surface area (Å²) in [6, 6.07) is 19.5. The van der Waals surface area contributed by atoms with E-state index in [1.165, 1.54) is 32.1 Å². The lowest BCUT2D eigenvalue weighted by Gasteiger charge is -2.62. The second-order valence-electron chi connectivity index (χ2n) is 9.89. The molecule has 0 unspecified atom stereocenters. The van der Waals surface area contributed by atoms with Crippen LogP contribution in [0.3, 0.4) is 0 Å². The normalized spacial score (nSPS) is 33.0. The minimum absolute atomic E-state index is 0.119. The third-order valence-corrected chi connectivity index (χ3v) is 7.57. The highest BCUT2D eigenvalue weighted by Crippen LogP contribution is 2.67. The van der Waals surface area contributed by atoms with E-state index in [-0.39, 0.29) is 22.4 Å². The highest BCUT2D eigenvalue weighted by atomic mass is 16.1. The molecule has 0 saturated heterocycles. The number of carbonyl (C=O) groups is 2. The van der Waals surface area contributed by atoms with Gasteiger partial charge in [-0.2, -0.15) is 0 Å². The summed E-state index contributed by atoms with van der Waals surface area (Å²) in [5, 5.41) is 0. The molecule has 0 heterocycles. The molecular formula is C26H28O2. The van der Waals surface area contributed by atoms with Crippen molar-refractivity contribution in [2.24, 2.45) is 22.7 Å². The van der Waals surface area contributed by atoms with Crippen LogP contribution in [0.5, 0.6) is 0 Å². The molecule has 28 heavy (non-hydrogen) atoms. The summed E-state index contributed by atoms with van der Waals surface area (Å²) < 4.78 is 0. The first-order valence-corrected chi connectivity index (χ1v) is 10.7. The van der Waals surface area contributed by atoms with Gasteiger partial charge in [-0.1, -0.05) is 60.7 Å². The van der Waals surface area contributed by atoms with Crippen molar-refractivity contribution in [3.63, 3.8) is 0 Å². The fourth-order valence-electron chi connectivity index (χ4n) is 7.20. The smallest absolute Gasteiger partial charge is 0.163 e. The van der Waals surface area contributed by atoms with Crippen molar-refractivity contribution in [1.29, 1.82) is 0 Å². The Morgan fingerprint density at radius 1 is 0.679 bits per heavy atom. The Morgan fingerprint density at radius 2 is 1.07 bits per heavy atom. The lowest BCUT2D eigenvalue weighted by Crippen LogP contribution is -2.53. The molecule has 4 saturated carbocycles. The summed E-state index contributed by atoms with van der Waals surface area (Å²) in [4.78, 5) is 26.0. The molecule has 2 aromatic carbocycles. The molecule has 2 aromatic rings. The van der Waals surface area contributed by atoms with Crippen molar-refractivity contribution in [2.45, 2.75) is 51.4 Å². The monoisotopic (exact) mass is 372 g/mol. The summed E-state index contributed by atoms with van der Waals surface area (Å²) in [5.41, 5.74) is 1.92. The number of ketones is 2. The number of hydrogen-bond acceptors (Lipinski definition) is 2. The van der Waals surface area contributed by atoms with Crippen molar-refractivity contribution < 1.29 is 9.59 Å². The van der Waals surface area contributed by atoms with Crippen LogP contribution < -0.4 is 0 Å². The zero-order chi connectivity index (χ0) is 19.2. The van der Waals surface area contributed by atoms with Crippen LogP contribution in [-0.4, -0.2) is 11.6 Å². The summed E-state index contributed by atoms with van der Waals surface area (Å²) in [6.07, 6.45) is 8.42. The predicted octanol–water partition coefficient (Wildman–Crippen LogP) is 6.12. The van der Waals surface area contributed by atoms with Crippen LogP contribution in [0.25, 0.3) is 0 Å². The van der Waals surface area contributed by atoms with Gasteiger partial charge in [0.15, 0.2) is 11.6 Å². The summed E-state index contributed by atoms with van der Waals surface area (Å²) in [7, 11) is 0. The van der Waals surface area contributed by atoms with Gasteiger partial charge in [-0.25, -0.2) is 0 Å². The Hall–Kier alpha value is -2.22. The highest BCUT2D eigenvalue weighted by Gasteiger charge is 2.58. The van der Waals surface area contributed by atoms with E-state index >= 15 is 0 Å². The maximum atomic E-state index is 13.0. The van der Waals surface area contributed by atoms with Crippen LogP contribution in [0.2, 0.25) is 0 Å². The average molecular weight is 373 g/mol. The van der Waals surface area contributed by atoms with Crippen molar-refractivity contribution in [3.8, 4) is 0 Å². The maximum absolute atomic E-state index is 13.0. The largest absolute Gasteiger partial charge is 0.294 e. The van der Waals surface area contributed by atoms with Gasteiger partial charge >= 0.3 is 0 Å². The molecule has 0 aromatic heterocycles. The van der Waals surface area contributed by atoms with Crippen LogP contribution >= 0.6 is 0 Å². The molecule has 4 aliphatic carbocycles. The molecule has 0 amide bonds. The SMILES string of the molecule is O=C(CC12CC3CC(C1)CC(CC(=O)c1ccccc1)(C3)C2)c1ccccc1. The summed E-state index contributed by atoms with van der Waals surface area (Å²) >= 11 is 0. The molecular weight excluding hydrogens is 344 g/mol. The number of benzene rings is 2. The molecule has 4 aliphatic rings. The van der Waals surface area contributed by atoms with E-state index in [0.29, 0.717) is 24.7 Å². The number of hydrogen-bond donors (Lipinski definition) is 0. The number of Topliss-reactive ketones (excluding diaryl/α,β-unsaturated/α-hetero) is 2. The van der Waals surface area contributed by atoms with Gasteiger partial charge in [-0.05, 0) is 61.2 Å². The minimum Gasteiger partial charge on any atom is -0.294 e. The van der Waals surface area contributed by atoms with Gasteiger partial charge in [0.25, 0.3) is 0 Å². The van der Waals surface area contributed by atoms with E-state index in [2.05, 4.69) is 0 Å². The lowest BCUT2D eigenvalue weighted by molar-refractivity contribution is -0.108. The van der Waals surface area contributed by atoms with Gasteiger partial charge in [-0.3, -0.25) is 9.59 Å². The Balaban J connectivity index is 1.38. The van der Waals surface area contributed by atoms with Gasteiger partial charge in [-0.15, -0.1) is 0 Å². The standard InChI is InChI=1S/C26H28O2/c27-23(21-7-3-1-4-8-21)16-25-12-19-11-20(13-25)15-26(14-19,18-25)17-24(28)22-9-5-2-6-10-22/h1-10,19-20H,11-18H2. The number of rotatable bonds is 6. The van der Waals surface area contributed by atoms with E-state index in [1.54, 1.807) is 0 Å². The van der Waals surface area contributed by atoms with Gasteiger partial charge in [0.2, 0.25) is 0 Å². The summed E-state index contributed by atoms with van der Waals surface area (Å²) in [5.74, 6) is 1.97. The van der Waals surface area contributed by atoms with Crippen LogP contribution in [0.1, 0.15) is 72.1 Å². The molecule has 0 N–H and O–H groups in total. The van der Waals surface area contributed by atoms with Crippen LogP contribution in [0, 0.1) is 22.7 Å². The van der Waals surface area contributed by atoms with Gasteiger partial charge in [0, 0.05) is 24.0 Å². The van der Waals surface area contributed by atoms with Gasteiger partial charge in [0.05, 0.1) is 0 Å². The first kappa shape index (κ1) is 17.8. The molecule has 0 aliphatic heterocycles. The molecule has 2 heteroatoms. The third-order valence-electron chi connectivity index (χ3n) is 7.57. The predicted molar refractivity (Wildman–Crippen MR) is 110 cm³/mol. The first-order valence-electron chi connectivity index (χ1n) is 10.7. The molecule has 144 valence electrons. The minimum atomic E-state index is 0.119.